The zero-order chi connectivity index (χ0) is 35.0. The molecule has 221 valence electrons. The Bertz CT molecular complexity index is 2400. The van der Waals surface area contributed by atoms with Gasteiger partial charge in [-0.3, -0.25) is 4.98 Å². The summed E-state index contributed by atoms with van der Waals surface area (Å²) < 4.78 is 50.2. The smallest absolute Gasteiger partial charge is 0.128 e. The molecule has 4 nitrogen and oxygen atoms in total. The summed E-state index contributed by atoms with van der Waals surface area (Å²) in [7, 11) is 0. The maximum atomic E-state index is 7.28. The molecule has 0 fully saturated rings. The van der Waals surface area contributed by atoms with Gasteiger partial charge in [-0.2, -0.15) is 0 Å². The fourth-order valence-corrected chi connectivity index (χ4v) is 5.43. The molecule has 5 heteroatoms. The average molecular weight is 766 g/mol. The summed E-state index contributed by atoms with van der Waals surface area (Å²) in [5, 5.41) is 4.46. The molecule has 0 amide bonds. The molecule has 45 heavy (non-hydrogen) atoms. The molecule has 4 heterocycles. The first-order valence-corrected chi connectivity index (χ1v) is 14.1. The molecule has 0 bridgehead atoms. The van der Waals surface area contributed by atoms with Crippen LogP contribution in [0.3, 0.4) is 0 Å². The van der Waals surface area contributed by atoms with E-state index >= 15 is 0 Å². The number of furan rings is 1. The van der Waals surface area contributed by atoms with E-state index in [9.17, 15) is 0 Å². The summed E-state index contributed by atoms with van der Waals surface area (Å²) in [5.74, 6) is 0. The summed E-state index contributed by atoms with van der Waals surface area (Å²) in [5.41, 5.74) is 8.41. The van der Waals surface area contributed by atoms with E-state index in [1.54, 1.807) is 18.3 Å². The van der Waals surface area contributed by atoms with E-state index in [4.69, 9.17) is 12.6 Å². The van der Waals surface area contributed by atoms with E-state index in [1.807, 2.05) is 42.7 Å². The van der Waals surface area contributed by atoms with Gasteiger partial charge in [-0.15, -0.1) is 53.6 Å². The van der Waals surface area contributed by atoms with E-state index in [-0.39, 0.29) is 31.2 Å². The van der Waals surface area contributed by atoms with Gasteiger partial charge in [0.15, 0.2) is 0 Å². The number of benzene rings is 4. The number of nitrogens with zero attached hydrogens (tertiary/aromatic N) is 3. The Morgan fingerprint density at radius 2 is 1.58 bits per heavy atom. The molecule has 0 saturated heterocycles. The van der Waals surface area contributed by atoms with Crippen molar-refractivity contribution in [2.24, 2.45) is 0 Å². The van der Waals surface area contributed by atoms with E-state index in [0.29, 0.717) is 11.3 Å². The van der Waals surface area contributed by atoms with Gasteiger partial charge < -0.3 is 14.4 Å². The Balaban J connectivity index is 0.000000188. The largest absolute Gasteiger partial charge is 0.500 e. The van der Waals surface area contributed by atoms with Crippen molar-refractivity contribution in [2.75, 3.05) is 0 Å². The molecule has 0 atom stereocenters. The zero-order valence-corrected chi connectivity index (χ0v) is 26.5. The molecular weight excluding hydrogens is 731 g/mol. The van der Waals surface area contributed by atoms with Gasteiger partial charge >= 0.3 is 0 Å². The molecule has 0 aliphatic heterocycles. The van der Waals surface area contributed by atoms with Crippen molar-refractivity contribution >= 4 is 32.7 Å². The molecule has 0 aliphatic rings. The summed E-state index contributed by atoms with van der Waals surface area (Å²) in [4.78, 5) is 13.0. The molecule has 8 aromatic rings. The first-order valence-electron chi connectivity index (χ1n) is 17.1. The minimum absolute atomic E-state index is 0. The molecule has 8 rings (SSSR count). The van der Waals surface area contributed by atoms with E-state index in [2.05, 4.69) is 70.4 Å². The number of hydrogen-bond donors (Lipinski definition) is 0. The molecule has 0 aliphatic carbocycles. The minimum Gasteiger partial charge on any atom is -0.500 e. The number of aryl methyl sites for hydroxylation is 3. The van der Waals surface area contributed by atoms with Crippen LogP contribution in [-0.4, -0.2) is 15.0 Å². The van der Waals surface area contributed by atoms with Gasteiger partial charge in [0.25, 0.3) is 0 Å². The van der Waals surface area contributed by atoms with Gasteiger partial charge in [-0.25, -0.2) is 0 Å². The predicted molar refractivity (Wildman–Crippen MR) is 179 cm³/mol. The normalized spacial score (nSPS) is 13.4. The van der Waals surface area contributed by atoms with Crippen molar-refractivity contribution in [3.8, 4) is 33.6 Å². The second kappa shape index (κ2) is 13.0. The second-order valence-electron chi connectivity index (χ2n) is 10.4. The third kappa shape index (κ3) is 5.93. The summed E-state index contributed by atoms with van der Waals surface area (Å²) in [6.45, 7) is -2.20. The van der Waals surface area contributed by atoms with Crippen LogP contribution in [-0.2, 0) is 20.1 Å². The first-order chi connectivity index (χ1) is 24.0. The summed E-state index contributed by atoms with van der Waals surface area (Å²) in [6, 6.07) is 36.3. The fraction of sp³-hybridized carbons (Fsp3) is 0.0750. The zero-order valence-electron chi connectivity index (χ0n) is 30.1. The number of fused-ring (bicyclic) bond motifs is 4. The number of rotatable bonds is 3. The topological polar surface area (TPSA) is 51.8 Å². The van der Waals surface area contributed by atoms with Gasteiger partial charge in [0.1, 0.15) is 5.58 Å². The van der Waals surface area contributed by atoms with Crippen molar-refractivity contribution in [3.63, 3.8) is 0 Å². The molecule has 4 aromatic carbocycles. The van der Waals surface area contributed by atoms with E-state index < -0.39 is 13.7 Å². The van der Waals surface area contributed by atoms with Crippen LogP contribution >= 0.6 is 0 Å². The van der Waals surface area contributed by atoms with Gasteiger partial charge in [0, 0.05) is 69.5 Å². The van der Waals surface area contributed by atoms with Crippen molar-refractivity contribution in [1.82, 2.24) is 15.0 Å². The van der Waals surface area contributed by atoms with Crippen LogP contribution in [0.15, 0.2) is 126 Å². The Morgan fingerprint density at radius 3 is 2.36 bits per heavy atom. The van der Waals surface area contributed by atoms with Gasteiger partial charge in [0.05, 0.1) is 5.58 Å². The number of aromatic nitrogens is 3. The molecule has 1 radical (unpaired) electrons. The quantitative estimate of drug-likeness (QED) is 0.168. The minimum atomic E-state index is -2.18. The second-order valence-corrected chi connectivity index (χ2v) is 10.4. The third-order valence-electron chi connectivity index (χ3n) is 7.53. The molecule has 0 spiro atoms. The Hall–Kier alpha value is -4.96. The SMILES string of the molecule is Cc1ccc2ccncc2c1-c1cccc2c1oc1c(-c3ccccn3)[c-]ccc12.[2H]C([2H])([2H])c1c[c-]c(-c2ccc(C([2H])([2H])[2H])cn2)cc1.[Ir]. The van der Waals surface area contributed by atoms with Crippen molar-refractivity contribution in [2.45, 2.75) is 20.6 Å². The predicted octanol–water partition coefficient (Wildman–Crippen LogP) is 10.1. The molecule has 4 aromatic heterocycles. The fourth-order valence-electron chi connectivity index (χ4n) is 5.43. The number of hydrogen-bond acceptors (Lipinski definition) is 4. The van der Waals surface area contributed by atoms with Crippen LogP contribution in [0.1, 0.15) is 24.9 Å². The maximum absolute atomic E-state index is 7.28. The average Bonchev–Trinajstić information content (AvgIpc) is 3.51. The van der Waals surface area contributed by atoms with Crippen molar-refractivity contribution in [3.05, 3.63) is 151 Å². The number of para-hydroxylation sites is 1. The Morgan fingerprint density at radius 1 is 0.689 bits per heavy atom. The monoisotopic (exact) mass is 766 g/mol. The van der Waals surface area contributed by atoms with Crippen LogP contribution in [0.4, 0.5) is 0 Å². The van der Waals surface area contributed by atoms with Gasteiger partial charge in [0.2, 0.25) is 0 Å². The molecule has 0 N–H and O–H groups in total. The van der Waals surface area contributed by atoms with Crippen LogP contribution in [0.25, 0.3) is 66.4 Å². The van der Waals surface area contributed by atoms with Crippen LogP contribution in [0, 0.1) is 32.8 Å². The van der Waals surface area contributed by atoms with Crippen LogP contribution < -0.4 is 0 Å². The maximum Gasteiger partial charge on any atom is 0.128 e. The van der Waals surface area contributed by atoms with E-state index in [0.717, 1.165) is 49.7 Å². The van der Waals surface area contributed by atoms with Crippen molar-refractivity contribution in [1.29, 1.82) is 0 Å². The standard InChI is InChI=1S/C27H17N2O.C13H12N.Ir/c1-17-11-12-18-13-15-28-16-23(18)25(17)22-9-5-7-20-19-6-4-8-21(26(19)30-27(20)22)24-10-2-3-14-29-24;1-10-3-6-12(7-4-10)13-8-5-11(2)9-14-13;/h2-7,9-16H,1H3;3-6,8-9H,1-2H3;/q2*-1;/i;1D3,2D3;. The number of pyridine rings is 3. The molecule has 0 saturated carbocycles. The van der Waals surface area contributed by atoms with Crippen LogP contribution in [0.5, 0.6) is 0 Å². The Kier molecular flexibility index (Phi) is 6.74. The third-order valence-corrected chi connectivity index (χ3v) is 7.53. The summed E-state index contributed by atoms with van der Waals surface area (Å²) in [6.07, 6.45) is 6.86. The molecule has 0 unspecified atom stereocenters. The molecular formula is C40H29IrN3O-2. The van der Waals surface area contributed by atoms with Crippen LogP contribution in [0.2, 0.25) is 0 Å². The Labute approximate surface area is 284 Å². The van der Waals surface area contributed by atoms with Crippen molar-refractivity contribution < 1.29 is 32.7 Å². The summed E-state index contributed by atoms with van der Waals surface area (Å²) >= 11 is 0. The van der Waals surface area contributed by atoms with Gasteiger partial charge in [-0.1, -0.05) is 72.4 Å². The first kappa shape index (κ1) is 23.4. The van der Waals surface area contributed by atoms with Gasteiger partial charge in [-0.05, 0) is 59.4 Å². The van der Waals surface area contributed by atoms with E-state index in [1.165, 1.54) is 35.3 Å².